The quantitative estimate of drug-likeness (QED) is 0.794. The third-order valence-electron chi connectivity index (χ3n) is 2.77. The van der Waals surface area contributed by atoms with Crippen LogP contribution in [0.5, 0.6) is 11.5 Å². The number of rotatable bonds is 5. The van der Waals surface area contributed by atoms with Gasteiger partial charge >= 0.3 is 5.97 Å². The SMILES string of the molecule is CNCc1ccc(OC)c(OC2CCOC2=O)c1. The molecule has 1 aliphatic rings. The van der Waals surface area contributed by atoms with Gasteiger partial charge in [-0.05, 0) is 24.7 Å². The Morgan fingerprint density at radius 1 is 1.44 bits per heavy atom. The second-order valence-electron chi connectivity index (χ2n) is 4.08. The highest BCUT2D eigenvalue weighted by molar-refractivity contribution is 5.77. The standard InChI is InChI=1S/C13H17NO4/c1-14-8-9-3-4-10(16-2)12(7-9)18-11-5-6-17-13(11)15/h3-4,7,11,14H,5-6,8H2,1-2H3. The van der Waals surface area contributed by atoms with E-state index in [-0.39, 0.29) is 5.97 Å². The normalized spacial score (nSPS) is 18.6. The summed E-state index contributed by atoms with van der Waals surface area (Å²) in [5.74, 6) is 0.889. The van der Waals surface area contributed by atoms with E-state index in [0.29, 0.717) is 24.5 Å². The molecule has 0 bridgehead atoms. The number of hydrogen-bond donors (Lipinski definition) is 1. The van der Waals surface area contributed by atoms with E-state index in [2.05, 4.69) is 5.32 Å². The maximum Gasteiger partial charge on any atom is 0.347 e. The van der Waals surface area contributed by atoms with E-state index < -0.39 is 6.10 Å². The van der Waals surface area contributed by atoms with E-state index in [4.69, 9.17) is 14.2 Å². The van der Waals surface area contributed by atoms with E-state index in [0.717, 1.165) is 12.1 Å². The number of esters is 1. The van der Waals surface area contributed by atoms with Gasteiger partial charge in [-0.15, -0.1) is 0 Å². The minimum absolute atomic E-state index is 0.309. The van der Waals surface area contributed by atoms with Gasteiger partial charge in [0.05, 0.1) is 13.7 Å². The Labute approximate surface area is 106 Å². The fourth-order valence-electron chi connectivity index (χ4n) is 1.86. The van der Waals surface area contributed by atoms with Gasteiger partial charge in [0.25, 0.3) is 0 Å². The van der Waals surface area contributed by atoms with Crippen LogP contribution in [0.2, 0.25) is 0 Å². The zero-order chi connectivity index (χ0) is 13.0. The van der Waals surface area contributed by atoms with Gasteiger partial charge in [0.2, 0.25) is 0 Å². The van der Waals surface area contributed by atoms with Crippen molar-refractivity contribution < 1.29 is 19.0 Å². The molecule has 5 heteroatoms. The third-order valence-corrected chi connectivity index (χ3v) is 2.77. The molecule has 0 aromatic heterocycles. The number of ether oxygens (including phenoxy) is 3. The van der Waals surface area contributed by atoms with E-state index in [1.807, 2.05) is 25.2 Å². The summed E-state index contributed by atoms with van der Waals surface area (Å²) in [5, 5.41) is 3.06. The fraction of sp³-hybridized carbons (Fsp3) is 0.462. The lowest BCUT2D eigenvalue weighted by Gasteiger charge is -2.14. The summed E-state index contributed by atoms with van der Waals surface area (Å²) in [7, 11) is 3.45. The molecule has 98 valence electrons. The van der Waals surface area contributed by atoms with Crippen LogP contribution in [0.3, 0.4) is 0 Å². The highest BCUT2D eigenvalue weighted by atomic mass is 16.6. The predicted molar refractivity (Wildman–Crippen MR) is 65.7 cm³/mol. The van der Waals surface area contributed by atoms with E-state index in [1.54, 1.807) is 7.11 Å². The lowest BCUT2D eigenvalue weighted by molar-refractivity contribution is -0.143. The van der Waals surface area contributed by atoms with Gasteiger partial charge in [-0.1, -0.05) is 6.07 Å². The van der Waals surface area contributed by atoms with Crippen molar-refractivity contribution in [3.8, 4) is 11.5 Å². The van der Waals surface area contributed by atoms with Crippen LogP contribution in [0.4, 0.5) is 0 Å². The number of nitrogens with one attached hydrogen (secondary N) is 1. The van der Waals surface area contributed by atoms with Crippen molar-refractivity contribution in [1.82, 2.24) is 5.32 Å². The molecule has 0 radical (unpaired) electrons. The Hall–Kier alpha value is -1.75. The highest BCUT2D eigenvalue weighted by Crippen LogP contribution is 2.30. The van der Waals surface area contributed by atoms with Crippen LogP contribution < -0.4 is 14.8 Å². The van der Waals surface area contributed by atoms with Crippen LogP contribution in [0.25, 0.3) is 0 Å². The molecule has 1 heterocycles. The maximum atomic E-state index is 11.4. The molecule has 1 unspecified atom stereocenters. The molecule has 1 N–H and O–H groups in total. The van der Waals surface area contributed by atoms with Crippen LogP contribution in [-0.4, -0.2) is 32.8 Å². The molecule has 1 fully saturated rings. The van der Waals surface area contributed by atoms with Gasteiger partial charge in [-0.3, -0.25) is 0 Å². The van der Waals surface area contributed by atoms with Crippen molar-refractivity contribution >= 4 is 5.97 Å². The van der Waals surface area contributed by atoms with Crippen LogP contribution in [-0.2, 0) is 16.1 Å². The first kappa shape index (κ1) is 12.7. The summed E-state index contributed by atoms with van der Waals surface area (Å²) in [5.41, 5.74) is 1.07. The fourth-order valence-corrected chi connectivity index (χ4v) is 1.86. The maximum absolute atomic E-state index is 11.4. The lowest BCUT2D eigenvalue weighted by atomic mass is 10.2. The Balaban J connectivity index is 2.18. The smallest absolute Gasteiger partial charge is 0.347 e. The largest absolute Gasteiger partial charge is 0.493 e. The monoisotopic (exact) mass is 251 g/mol. The third kappa shape index (κ3) is 2.73. The van der Waals surface area contributed by atoms with Crippen molar-refractivity contribution in [1.29, 1.82) is 0 Å². The first-order valence-electron chi connectivity index (χ1n) is 5.89. The molecule has 0 aliphatic carbocycles. The molecular formula is C13H17NO4. The summed E-state index contributed by atoms with van der Waals surface area (Å²) >= 11 is 0. The second kappa shape index (κ2) is 5.73. The molecule has 1 aliphatic heterocycles. The van der Waals surface area contributed by atoms with Gasteiger partial charge in [0.15, 0.2) is 17.6 Å². The Morgan fingerprint density at radius 3 is 2.89 bits per heavy atom. The molecule has 18 heavy (non-hydrogen) atoms. The lowest BCUT2D eigenvalue weighted by Crippen LogP contribution is -2.22. The minimum atomic E-state index is -0.524. The number of benzene rings is 1. The average Bonchev–Trinajstić information content (AvgIpc) is 2.76. The van der Waals surface area contributed by atoms with Crippen molar-refractivity contribution in [3.05, 3.63) is 23.8 Å². The predicted octanol–water partition coefficient (Wildman–Crippen LogP) is 1.11. The van der Waals surface area contributed by atoms with Crippen LogP contribution in [0, 0.1) is 0 Å². The molecule has 1 atom stereocenters. The minimum Gasteiger partial charge on any atom is -0.493 e. The molecule has 1 aromatic carbocycles. The van der Waals surface area contributed by atoms with Crippen molar-refractivity contribution in [3.63, 3.8) is 0 Å². The molecule has 0 spiro atoms. The molecule has 5 nitrogen and oxygen atoms in total. The summed E-state index contributed by atoms with van der Waals surface area (Å²) in [4.78, 5) is 11.4. The van der Waals surface area contributed by atoms with E-state index in [1.165, 1.54) is 0 Å². The zero-order valence-corrected chi connectivity index (χ0v) is 10.6. The summed E-state index contributed by atoms with van der Waals surface area (Å²) < 4.78 is 15.8. The molecule has 1 saturated heterocycles. The molecule has 0 saturated carbocycles. The van der Waals surface area contributed by atoms with E-state index in [9.17, 15) is 4.79 Å². The summed E-state index contributed by atoms with van der Waals surface area (Å²) in [6.45, 7) is 1.15. The zero-order valence-electron chi connectivity index (χ0n) is 10.6. The highest BCUT2D eigenvalue weighted by Gasteiger charge is 2.29. The first-order valence-corrected chi connectivity index (χ1v) is 5.89. The molecule has 1 aromatic rings. The second-order valence-corrected chi connectivity index (χ2v) is 4.08. The molecule has 2 rings (SSSR count). The topological polar surface area (TPSA) is 56.8 Å². The first-order chi connectivity index (χ1) is 8.74. The van der Waals surface area contributed by atoms with Crippen molar-refractivity contribution in [2.45, 2.75) is 19.1 Å². The summed E-state index contributed by atoms with van der Waals surface area (Å²) in [6.07, 6.45) is 0.0573. The molecule has 0 amide bonds. The summed E-state index contributed by atoms with van der Waals surface area (Å²) in [6, 6.07) is 5.67. The Bertz CT molecular complexity index is 433. The number of carbonyl (C=O) groups excluding carboxylic acids is 1. The van der Waals surface area contributed by atoms with Crippen molar-refractivity contribution in [2.24, 2.45) is 0 Å². The van der Waals surface area contributed by atoms with Crippen LogP contribution in [0.1, 0.15) is 12.0 Å². The van der Waals surface area contributed by atoms with Gasteiger partial charge < -0.3 is 19.5 Å². The van der Waals surface area contributed by atoms with E-state index >= 15 is 0 Å². The number of cyclic esters (lactones) is 1. The van der Waals surface area contributed by atoms with Gasteiger partial charge in [-0.25, -0.2) is 4.79 Å². The van der Waals surface area contributed by atoms with Crippen molar-refractivity contribution in [2.75, 3.05) is 20.8 Å². The van der Waals surface area contributed by atoms with Gasteiger partial charge in [-0.2, -0.15) is 0 Å². The number of hydrogen-bond acceptors (Lipinski definition) is 5. The van der Waals surface area contributed by atoms with Gasteiger partial charge in [0.1, 0.15) is 0 Å². The van der Waals surface area contributed by atoms with Crippen LogP contribution in [0.15, 0.2) is 18.2 Å². The molecular weight excluding hydrogens is 234 g/mol. The Morgan fingerprint density at radius 2 is 2.28 bits per heavy atom. The van der Waals surface area contributed by atoms with Crippen LogP contribution >= 0.6 is 0 Å². The average molecular weight is 251 g/mol. The number of carbonyl (C=O) groups is 1. The van der Waals surface area contributed by atoms with Gasteiger partial charge in [0, 0.05) is 13.0 Å². The number of methoxy groups -OCH3 is 1. The Kier molecular flexibility index (Phi) is 4.04.